The quantitative estimate of drug-likeness (QED) is 0.860. The molecule has 0 spiro atoms. The van der Waals surface area contributed by atoms with Gasteiger partial charge in [-0.2, -0.15) is 0 Å². The van der Waals surface area contributed by atoms with E-state index >= 15 is 0 Å². The van der Waals surface area contributed by atoms with Crippen LogP contribution in [-0.2, 0) is 10.0 Å². The van der Waals surface area contributed by atoms with Crippen molar-refractivity contribution in [1.29, 1.82) is 0 Å². The molecule has 1 aromatic heterocycles. The molecule has 3 unspecified atom stereocenters. The molecule has 3 rings (SSSR count). The first kappa shape index (κ1) is 14.6. The minimum Gasteiger partial charge on any atom is -0.242 e. The van der Waals surface area contributed by atoms with E-state index in [2.05, 4.69) is 9.71 Å². The average molecular weight is 335 g/mol. The van der Waals surface area contributed by atoms with Crippen molar-refractivity contribution in [2.75, 3.05) is 6.54 Å². The molecule has 0 aliphatic heterocycles. The highest BCUT2D eigenvalue weighted by Gasteiger charge is 2.39. The molecule has 0 amide bonds. The lowest BCUT2D eigenvalue weighted by Crippen LogP contribution is -2.31. The zero-order valence-electron chi connectivity index (χ0n) is 10.9. The predicted molar refractivity (Wildman–Crippen MR) is 78.4 cm³/mol. The van der Waals surface area contributed by atoms with Gasteiger partial charge in [-0.1, -0.05) is 29.6 Å². The molecule has 4 nitrogen and oxygen atoms in total. The highest BCUT2D eigenvalue weighted by atomic mass is 35.5. The zero-order chi connectivity index (χ0) is 14.3. The van der Waals surface area contributed by atoms with Crippen LogP contribution in [0, 0.1) is 17.8 Å². The Balaban J connectivity index is 1.68. The van der Waals surface area contributed by atoms with Crippen LogP contribution in [0.15, 0.2) is 17.2 Å². The van der Waals surface area contributed by atoms with Crippen LogP contribution in [0.25, 0.3) is 0 Å². The van der Waals surface area contributed by atoms with Crippen LogP contribution < -0.4 is 4.72 Å². The molecule has 0 aromatic carbocycles. The Morgan fingerprint density at radius 2 is 2.10 bits per heavy atom. The number of fused-ring (bicyclic) bond motifs is 2. The second-order valence-electron chi connectivity index (χ2n) is 5.73. The van der Waals surface area contributed by atoms with Gasteiger partial charge in [-0.05, 0) is 43.1 Å². The van der Waals surface area contributed by atoms with Crippen molar-refractivity contribution in [2.24, 2.45) is 17.8 Å². The summed E-state index contributed by atoms with van der Waals surface area (Å²) >= 11 is 11.5. The summed E-state index contributed by atoms with van der Waals surface area (Å²) in [6, 6.07) is 1.33. The maximum Gasteiger partial charge on any atom is 0.242 e. The molecule has 110 valence electrons. The fourth-order valence-electron chi connectivity index (χ4n) is 3.48. The van der Waals surface area contributed by atoms with Crippen LogP contribution in [0.3, 0.4) is 0 Å². The minimum atomic E-state index is -3.56. The van der Waals surface area contributed by atoms with Crippen LogP contribution >= 0.6 is 23.2 Å². The monoisotopic (exact) mass is 334 g/mol. The molecule has 1 aromatic rings. The highest BCUT2D eigenvalue weighted by Crippen LogP contribution is 2.48. The molecule has 3 atom stereocenters. The Labute approximate surface area is 128 Å². The number of pyridine rings is 1. The summed E-state index contributed by atoms with van der Waals surface area (Å²) in [5.74, 6) is 1.97. The third-order valence-corrected chi connectivity index (χ3v) is 6.58. The van der Waals surface area contributed by atoms with E-state index < -0.39 is 10.0 Å². The normalized spacial score (nSPS) is 29.0. The van der Waals surface area contributed by atoms with E-state index in [1.54, 1.807) is 0 Å². The second-order valence-corrected chi connectivity index (χ2v) is 8.26. The summed E-state index contributed by atoms with van der Waals surface area (Å²) in [7, 11) is -3.56. The van der Waals surface area contributed by atoms with Crippen molar-refractivity contribution >= 4 is 33.2 Å². The van der Waals surface area contributed by atoms with Gasteiger partial charge in [-0.15, -0.1) is 0 Å². The van der Waals surface area contributed by atoms with E-state index in [4.69, 9.17) is 23.2 Å². The Bertz CT molecular complexity index is 621. The number of rotatable bonds is 4. The third kappa shape index (κ3) is 2.82. The van der Waals surface area contributed by atoms with Gasteiger partial charge < -0.3 is 0 Å². The Hall–Kier alpha value is -0.360. The van der Waals surface area contributed by atoms with Crippen LogP contribution in [0.5, 0.6) is 0 Å². The molecule has 0 saturated heterocycles. The second kappa shape index (κ2) is 5.44. The average Bonchev–Trinajstić information content (AvgIpc) is 3.02. The number of hydrogen-bond donors (Lipinski definition) is 1. The third-order valence-electron chi connectivity index (χ3n) is 4.50. The predicted octanol–water partition coefficient (Wildman–Crippen LogP) is 3.10. The topological polar surface area (TPSA) is 59.1 Å². The molecule has 2 aliphatic rings. The molecular formula is C13H16Cl2N2O2S. The van der Waals surface area contributed by atoms with E-state index in [-0.39, 0.29) is 15.1 Å². The van der Waals surface area contributed by atoms with Crippen LogP contribution in [-0.4, -0.2) is 19.9 Å². The van der Waals surface area contributed by atoms with Gasteiger partial charge in [0.1, 0.15) is 10.0 Å². The molecule has 1 heterocycles. The maximum absolute atomic E-state index is 12.2. The lowest BCUT2D eigenvalue weighted by atomic mass is 9.89. The summed E-state index contributed by atoms with van der Waals surface area (Å²) in [6.07, 6.45) is 6.20. The SMILES string of the molecule is O=S(=O)(NCC1CC2CCC1C2)c1cnc(Cl)c(Cl)c1. The van der Waals surface area contributed by atoms with Gasteiger partial charge in [0.25, 0.3) is 0 Å². The lowest BCUT2D eigenvalue weighted by Gasteiger charge is -2.21. The van der Waals surface area contributed by atoms with Crippen LogP contribution in [0.4, 0.5) is 0 Å². The van der Waals surface area contributed by atoms with Gasteiger partial charge in [-0.25, -0.2) is 18.1 Å². The van der Waals surface area contributed by atoms with E-state index in [1.165, 1.54) is 31.5 Å². The summed E-state index contributed by atoms with van der Waals surface area (Å²) < 4.78 is 27.1. The molecule has 7 heteroatoms. The molecular weight excluding hydrogens is 319 g/mol. The molecule has 2 aliphatic carbocycles. The molecule has 2 bridgehead atoms. The van der Waals surface area contributed by atoms with Crippen molar-refractivity contribution in [2.45, 2.75) is 30.6 Å². The van der Waals surface area contributed by atoms with E-state index in [0.29, 0.717) is 18.4 Å². The summed E-state index contributed by atoms with van der Waals surface area (Å²) in [5, 5.41) is 0.258. The first-order chi connectivity index (χ1) is 9.45. The Kier molecular flexibility index (Phi) is 3.97. The number of sulfonamides is 1. The lowest BCUT2D eigenvalue weighted by molar-refractivity contribution is 0.333. The fourth-order valence-corrected chi connectivity index (χ4v) is 4.88. The number of nitrogens with zero attached hydrogens (tertiary/aromatic N) is 1. The van der Waals surface area contributed by atoms with E-state index in [9.17, 15) is 8.42 Å². The number of hydrogen-bond acceptors (Lipinski definition) is 3. The number of halogens is 2. The van der Waals surface area contributed by atoms with Crippen molar-refractivity contribution in [1.82, 2.24) is 9.71 Å². The summed E-state index contributed by atoms with van der Waals surface area (Å²) in [4.78, 5) is 3.84. The first-order valence-electron chi connectivity index (χ1n) is 6.76. The molecule has 0 radical (unpaired) electrons. The number of aromatic nitrogens is 1. The van der Waals surface area contributed by atoms with Gasteiger partial charge >= 0.3 is 0 Å². The zero-order valence-corrected chi connectivity index (χ0v) is 13.2. The highest BCUT2D eigenvalue weighted by molar-refractivity contribution is 7.89. The maximum atomic E-state index is 12.2. The Morgan fingerprint density at radius 1 is 1.30 bits per heavy atom. The van der Waals surface area contributed by atoms with Crippen LogP contribution in [0.2, 0.25) is 10.2 Å². The summed E-state index contributed by atoms with van der Waals surface area (Å²) in [6.45, 7) is 0.504. The summed E-state index contributed by atoms with van der Waals surface area (Å²) in [5.41, 5.74) is 0. The molecule has 1 N–H and O–H groups in total. The molecule has 20 heavy (non-hydrogen) atoms. The standard InChI is InChI=1S/C13H16Cl2N2O2S/c14-12-5-11(7-16-13(12)15)20(18,19)17-6-10-4-8-1-2-9(10)3-8/h5,7-10,17H,1-4,6H2. The largest absolute Gasteiger partial charge is 0.242 e. The van der Waals surface area contributed by atoms with E-state index in [0.717, 1.165) is 12.3 Å². The van der Waals surface area contributed by atoms with Crippen molar-refractivity contribution in [3.8, 4) is 0 Å². The van der Waals surface area contributed by atoms with Gasteiger partial charge in [0.15, 0.2) is 0 Å². The first-order valence-corrected chi connectivity index (χ1v) is 9.00. The van der Waals surface area contributed by atoms with Crippen LogP contribution in [0.1, 0.15) is 25.7 Å². The molecule has 2 fully saturated rings. The fraction of sp³-hybridized carbons (Fsp3) is 0.615. The van der Waals surface area contributed by atoms with E-state index in [1.807, 2.05) is 0 Å². The molecule has 2 saturated carbocycles. The minimum absolute atomic E-state index is 0.0649. The van der Waals surface area contributed by atoms with Gasteiger partial charge in [0, 0.05) is 12.7 Å². The van der Waals surface area contributed by atoms with Gasteiger partial charge in [-0.3, -0.25) is 0 Å². The van der Waals surface area contributed by atoms with Crippen molar-refractivity contribution in [3.63, 3.8) is 0 Å². The van der Waals surface area contributed by atoms with Gasteiger partial charge in [0.05, 0.1) is 5.02 Å². The van der Waals surface area contributed by atoms with Crippen molar-refractivity contribution in [3.05, 3.63) is 22.4 Å². The smallest absolute Gasteiger partial charge is 0.242 e. The van der Waals surface area contributed by atoms with Gasteiger partial charge in [0.2, 0.25) is 10.0 Å². The Morgan fingerprint density at radius 3 is 2.70 bits per heavy atom. The van der Waals surface area contributed by atoms with Crippen molar-refractivity contribution < 1.29 is 8.42 Å². The number of nitrogens with one attached hydrogen (secondary N) is 1.